The summed E-state index contributed by atoms with van der Waals surface area (Å²) in [5, 5.41) is 4.09. The molecule has 0 fully saturated rings. The van der Waals surface area contributed by atoms with Crippen LogP contribution >= 0.6 is 0 Å². The predicted octanol–water partition coefficient (Wildman–Crippen LogP) is 3.54. The molecule has 0 aliphatic carbocycles. The topological polar surface area (TPSA) is 74.4 Å². The van der Waals surface area contributed by atoms with E-state index in [1.54, 1.807) is 29.2 Å². The van der Waals surface area contributed by atoms with Gasteiger partial charge in [-0.1, -0.05) is 24.3 Å². The molecule has 132 valence electrons. The molecule has 2 aromatic carbocycles. The Morgan fingerprint density at radius 3 is 2.85 bits per heavy atom. The largest absolute Gasteiger partial charge is 0.465 e. The second kappa shape index (κ2) is 6.55. The van der Waals surface area contributed by atoms with Gasteiger partial charge in [-0.15, -0.1) is 0 Å². The average molecular weight is 349 g/mol. The zero-order valence-electron chi connectivity index (χ0n) is 14.4. The van der Waals surface area contributed by atoms with Gasteiger partial charge in [0.25, 0.3) is 0 Å². The van der Waals surface area contributed by atoms with Crippen LogP contribution in [0.25, 0.3) is 10.9 Å². The maximum Gasteiger partial charge on any atom is 0.337 e. The summed E-state index contributed by atoms with van der Waals surface area (Å²) >= 11 is 0. The molecule has 2 N–H and O–H groups in total. The van der Waals surface area contributed by atoms with Crippen molar-refractivity contribution in [2.45, 2.75) is 13.0 Å². The molecule has 6 nitrogen and oxygen atoms in total. The van der Waals surface area contributed by atoms with E-state index in [9.17, 15) is 9.59 Å². The maximum absolute atomic E-state index is 12.6. The number of hydrogen-bond donors (Lipinski definition) is 2. The molecule has 0 atom stereocenters. The minimum atomic E-state index is -0.429. The molecule has 0 spiro atoms. The van der Waals surface area contributed by atoms with Crippen molar-refractivity contribution >= 4 is 28.6 Å². The Morgan fingerprint density at radius 1 is 1.15 bits per heavy atom. The van der Waals surface area contributed by atoms with Crippen LogP contribution in [0.5, 0.6) is 0 Å². The highest BCUT2D eigenvalue weighted by molar-refractivity contribution is 5.94. The molecule has 0 radical (unpaired) electrons. The molecule has 0 bridgehead atoms. The molecule has 0 saturated heterocycles. The number of H-pyrrole nitrogens is 1. The Kier molecular flexibility index (Phi) is 4.08. The van der Waals surface area contributed by atoms with E-state index in [0.717, 1.165) is 17.6 Å². The first kappa shape index (κ1) is 16.2. The first-order chi connectivity index (χ1) is 12.7. The summed E-state index contributed by atoms with van der Waals surface area (Å²) in [5.41, 5.74) is 4.45. The highest BCUT2D eigenvalue weighted by Gasteiger charge is 2.24. The monoisotopic (exact) mass is 349 g/mol. The predicted molar refractivity (Wildman–Crippen MR) is 99.2 cm³/mol. The van der Waals surface area contributed by atoms with Crippen LogP contribution in [0.2, 0.25) is 0 Å². The number of aromatic amines is 1. The second-order valence-corrected chi connectivity index (χ2v) is 6.30. The lowest BCUT2D eigenvalue weighted by atomic mass is 10.0. The number of benzene rings is 2. The summed E-state index contributed by atoms with van der Waals surface area (Å²) in [6, 6.07) is 14.7. The van der Waals surface area contributed by atoms with Gasteiger partial charge in [0, 0.05) is 28.8 Å². The highest BCUT2D eigenvalue weighted by atomic mass is 16.5. The van der Waals surface area contributed by atoms with E-state index in [1.165, 1.54) is 18.1 Å². The fraction of sp³-hybridized carbons (Fsp3) is 0.200. The smallest absolute Gasteiger partial charge is 0.337 e. The number of urea groups is 1. The normalized spacial score (nSPS) is 13.3. The highest BCUT2D eigenvalue weighted by Crippen LogP contribution is 2.27. The lowest BCUT2D eigenvalue weighted by Gasteiger charge is -2.27. The number of anilines is 1. The number of ether oxygens (including phenoxy) is 1. The summed E-state index contributed by atoms with van der Waals surface area (Å²) < 4.78 is 4.71. The number of carbonyl (C=O) groups excluding carboxylic acids is 2. The molecule has 4 rings (SSSR count). The van der Waals surface area contributed by atoms with Crippen molar-refractivity contribution in [3.63, 3.8) is 0 Å². The van der Waals surface area contributed by atoms with E-state index in [2.05, 4.69) is 22.4 Å². The standard InChI is InChI=1S/C20H19N3O3/c1-26-19(24)13-5-4-6-14(11-13)21-20(25)23-10-9-16-15-7-2-3-8-17(15)22-18(16)12-23/h2-8,11,22H,9-10,12H2,1H3,(H,21,25). The van der Waals surface area contributed by atoms with Gasteiger partial charge in [-0.2, -0.15) is 0 Å². The third-order valence-corrected chi connectivity index (χ3v) is 4.70. The quantitative estimate of drug-likeness (QED) is 0.695. The third kappa shape index (κ3) is 2.90. The zero-order valence-corrected chi connectivity index (χ0v) is 14.4. The van der Waals surface area contributed by atoms with Gasteiger partial charge in [0.05, 0.1) is 19.2 Å². The van der Waals surface area contributed by atoms with Crippen LogP contribution in [0.1, 0.15) is 21.6 Å². The van der Waals surface area contributed by atoms with Crippen molar-refractivity contribution < 1.29 is 14.3 Å². The van der Waals surface area contributed by atoms with Gasteiger partial charge in [-0.3, -0.25) is 0 Å². The summed E-state index contributed by atoms with van der Waals surface area (Å²) in [5.74, 6) is -0.429. The molecule has 26 heavy (non-hydrogen) atoms. The van der Waals surface area contributed by atoms with Gasteiger partial charge >= 0.3 is 12.0 Å². The summed E-state index contributed by atoms with van der Waals surface area (Å²) in [4.78, 5) is 29.4. The minimum absolute atomic E-state index is 0.184. The van der Waals surface area contributed by atoms with E-state index >= 15 is 0 Å². The van der Waals surface area contributed by atoms with Crippen molar-refractivity contribution in [1.82, 2.24) is 9.88 Å². The number of carbonyl (C=O) groups is 2. The zero-order chi connectivity index (χ0) is 18.1. The van der Waals surface area contributed by atoms with E-state index < -0.39 is 5.97 Å². The Bertz CT molecular complexity index is 993. The molecule has 1 aliphatic rings. The summed E-state index contributed by atoms with van der Waals surface area (Å²) in [6.45, 7) is 1.18. The number of fused-ring (bicyclic) bond motifs is 3. The van der Waals surface area contributed by atoms with Crippen LogP contribution in [0, 0.1) is 0 Å². The van der Waals surface area contributed by atoms with Gasteiger partial charge in [-0.05, 0) is 36.2 Å². The van der Waals surface area contributed by atoms with Crippen LogP contribution in [-0.2, 0) is 17.7 Å². The van der Waals surface area contributed by atoms with Crippen LogP contribution < -0.4 is 5.32 Å². The van der Waals surface area contributed by atoms with E-state index in [0.29, 0.717) is 24.3 Å². The fourth-order valence-corrected chi connectivity index (χ4v) is 3.41. The molecule has 2 amide bonds. The van der Waals surface area contributed by atoms with Crippen molar-refractivity contribution in [2.75, 3.05) is 19.0 Å². The number of esters is 1. The molecule has 1 aromatic heterocycles. The maximum atomic E-state index is 12.6. The second-order valence-electron chi connectivity index (χ2n) is 6.30. The molecule has 0 saturated carbocycles. The lowest BCUT2D eigenvalue weighted by Crippen LogP contribution is -2.38. The molecule has 0 unspecified atom stereocenters. The molecule has 6 heteroatoms. The van der Waals surface area contributed by atoms with E-state index in [4.69, 9.17) is 4.74 Å². The number of nitrogens with one attached hydrogen (secondary N) is 2. The van der Waals surface area contributed by atoms with Crippen molar-refractivity contribution in [3.05, 3.63) is 65.4 Å². The number of methoxy groups -OCH3 is 1. The third-order valence-electron chi connectivity index (χ3n) is 4.70. The van der Waals surface area contributed by atoms with Gasteiger partial charge in [0.1, 0.15) is 0 Å². The van der Waals surface area contributed by atoms with Crippen LogP contribution in [0.4, 0.5) is 10.5 Å². The van der Waals surface area contributed by atoms with Crippen LogP contribution in [0.15, 0.2) is 48.5 Å². The molecular formula is C20H19N3O3. The summed E-state index contributed by atoms with van der Waals surface area (Å²) in [6.07, 6.45) is 0.814. The Balaban J connectivity index is 1.50. The average Bonchev–Trinajstić information content (AvgIpc) is 3.05. The van der Waals surface area contributed by atoms with Gasteiger partial charge in [-0.25, -0.2) is 9.59 Å². The van der Waals surface area contributed by atoms with Crippen LogP contribution in [-0.4, -0.2) is 35.5 Å². The number of para-hydroxylation sites is 1. The first-order valence-corrected chi connectivity index (χ1v) is 8.48. The van der Waals surface area contributed by atoms with Crippen molar-refractivity contribution in [1.29, 1.82) is 0 Å². The number of hydrogen-bond acceptors (Lipinski definition) is 3. The Hall–Kier alpha value is -3.28. The van der Waals surface area contributed by atoms with Crippen molar-refractivity contribution in [3.8, 4) is 0 Å². The van der Waals surface area contributed by atoms with E-state index in [1.807, 2.05) is 12.1 Å². The molecular weight excluding hydrogens is 330 g/mol. The molecule has 1 aliphatic heterocycles. The minimum Gasteiger partial charge on any atom is -0.465 e. The first-order valence-electron chi connectivity index (χ1n) is 8.48. The van der Waals surface area contributed by atoms with E-state index in [-0.39, 0.29) is 6.03 Å². The number of nitrogens with zero attached hydrogens (tertiary/aromatic N) is 1. The molecule has 3 aromatic rings. The Morgan fingerprint density at radius 2 is 2.00 bits per heavy atom. The SMILES string of the molecule is COC(=O)c1cccc(NC(=O)N2CCc3c([nH]c4ccccc34)C2)c1. The van der Waals surface area contributed by atoms with Gasteiger partial charge in [0.15, 0.2) is 0 Å². The Labute approximate surface area is 150 Å². The fourth-order valence-electron chi connectivity index (χ4n) is 3.41. The number of rotatable bonds is 2. The number of aromatic nitrogens is 1. The molecule has 2 heterocycles. The van der Waals surface area contributed by atoms with Crippen molar-refractivity contribution in [2.24, 2.45) is 0 Å². The summed E-state index contributed by atoms with van der Waals surface area (Å²) in [7, 11) is 1.33. The lowest BCUT2D eigenvalue weighted by molar-refractivity contribution is 0.0600. The van der Waals surface area contributed by atoms with Crippen LogP contribution in [0.3, 0.4) is 0 Å². The number of amides is 2. The van der Waals surface area contributed by atoms with Gasteiger partial charge < -0.3 is 19.9 Å². The van der Waals surface area contributed by atoms with Gasteiger partial charge in [0.2, 0.25) is 0 Å².